The molecule has 15 heavy (non-hydrogen) atoms. The molecule has 1 heterocycles. The van der Waals surface area contributed by atoms with Crippen LogP contribution in [0.2, 0.25) is 0 Å². The van der Waals surface area contributed by atoms with Crippen molar-refractivity contribution in [1.29, 1.82) is 0 Å². The molecule has 6 nitrogen and oxygen atoms in total. The second-order valence-corrected chi connectivity index (χ2v) is 3.78. The monoisotopic (exact) mass is 230 g/mol. The van der Waals surface area contributed by atoms with Crippen LogP contribution in [-0.2, 0) is 16.1 Å². The highest BCUT2D eigenvalue weighted by Gasteiger charge is 2.10. The van der Waals surface area contributed by atoms with Gasteiger partial charge in [-0.15, -0.1) is 10.2 Å². The quantitative estimate of drug-likeness (QED) is 0.557. The standard InChI is InChI=1S/C8H14N4O2S/c1-6-10-11-8(12(6)4-3-9)15-5-7(13)14-2/h3-5,9H2,1-2H3. The highest BCUT2D eigenvalue weighted by Crippen LogP contribution is 2.16. The summed E-state index contributed by atoms with van der Waals surface area (Å²) in [5.41, 5.74) is 5.46. The van der Waals surface area contributed by atoms with Gasteiger partial charge in [-0.3, -0.25) is 4.79 Å². The summed E-state index contributed by atoms with van der Waals surface area (Å²) in [6, 6.07) is 0. The molecule has 0 unspecified atom stereocenters. The fourth-order valence-electron chi connectivity index (χ4n) is 1.04. The molecule has 0 saturated heterocycles. The molecule has 0 bridgehead atoms. The Morgan fingerprint density at radius 2 is 2.33 bits per heavy atom. The zero-order chi connectivity index (χ0) is 11.3. The summed E-state index contributed by atoms with van der Waals surface area (Å²) >= 11 is 1.30. The maximum absolute atomic E-state index is 10.9. The molecule has 2 N–H and O–H groups in total. The van der Waals surface area contributed by atoms with Crippen molar-refractivity contribution in [3.05, 3.63) is 5.82 Å². The molecule has 0 aliphatic rings. The van der Waals surface area contributed by atoms with Crippen molar-refractivity contribution in [2.45, 2.75) is 18.6 Å². The lowest BCUT2D eigenvalue weighted by Gasteiger charge is -2.05. The maximum Gasteiger partial charge on any atom is 0.316 e. The number of nitrogens with two attached hydrogens (primary N) is 1. The van der Waals surface area contributed by atoms with Crippen LogP contribution in [0.25, 0.3) is 0 Å². The van der Waals surface area contributed by atoms with Crippen LogP contribution in [-0.4, -0.2) is 40.1 Å². The van der Waals surface area contributed by atoms with Crippen LogP contribution in [0.15, 0.2) is 5.16 Å². The smallest absolute Gasteiger partial charge is 0.316 e. The Kier molecular flexibility index (Phi) is 4.57. The summed E-state index contributed by atoms with van der Waals surface area (Å²) in [5, 5.41) is 8.57. The Labute approximate surface area is 92.2 Å². The normalized spacial score (nSPS) is 10.3. The van der Waals surface area contributed by atoms with E-state index in [9.17, 15) is 4.79 Å². The first-order valence-corrected chi connectivity index (χ1v) is 5.47. The van der Waals surface area contributed by atoms with Gasteiger partial charge in [0.15, 0.2) is 5.16 Å². The number of esters is 1. The summed E-state index contributed by atoms with van der Waals surface area (Å²) in [6.07, 6.45) is 0. The predicted octanol–water partition coefficient (Wildman–Crippen LogP) is -0.190. The number of nitrogens with zero attached hydrogens (tertiary/aromatic N) is 3. The molecule has 0 spiro atoms. The van der Waals surface area contributed by atoms with Gasteiger partial charge in [0, 0.05) is 13.1 Å². The van der Waals surface area contributed by atoms with Gasteiger partial charge in [0.25, 0.3) is 0 Å². The molecule has 1 aromatic rings. The van der Waals surface area contributed by atoms with Gasteiger partial charge in [0.05, 0.1) is 12.9 Å². The molecule has 0 saturated carbocycles. The molecule has 0 amide bonds. The Morgan fingerprint density at radius 3 is 2.93 bits per heavy atom. The number of thioether (sulfide) groups is 1. The molecule has 1 aromatic heterocycles. The zero-order valence-electron chi connectivity index (χ0n) is 8.77. The maximum atomic E-state index is 10.9. The van der Waals surface area contributed by atoms with Gasteiger partial charge in [-0.1, -0.05) is 11.8 Å². The van der Waals surface area contributed by atoms with Crippen molar-refractivity contribution >= 4 is 17.7 Å². The number of carbonyl (C=O) groups excluding carboxylic acids is 1. The van der Waals surface area contributed by atoms with Crippen molar-refractivity contribution in [1.82, 2.24) is 14.8 Å². The average Bonchev–Trinajstić information content (AvgIpc) is 2.58. The molecule has 0 aromatic carbocycles. The van der Waals surface area contributed by atoms with Gasteiger partial charge in [-0.05, 0) is 6.92 Å². The van der Waals surface area contributed by atoms with Crippen molar-refractivity contribution in [3.63, 3.8) is 0 Å². The summed E-state index contributed by atoms with van der Waals surface area (Å²) in [4.78, 5) is 10.9. The number of aromatic nitrogens is 3. The third-order valence-electron chi connectivity index (χ3n) is 1.80. The van der Waals surface area contributed by atoms with Gasteiger partial charge in [0.1, 0.15) is 5.82 Å². The first kappa shape index (κ1) is 12.0. The predicted molar refractivity (Wildman–Crippen MR) is 56.6 cm³/mol. The van der Waals surface area contributed by atoms with E-state index in [-0.39, 0.29) is 11.7 Å². The average molecular weight is 230 g/mol. The Hall–Kier alpha value is -1.08. The van der Waals surface area contributed by atoms with Gasteiger partial charge in [0.2, 0.25) is 0 Å². The van der Waals surface area contributed by atoms with Gasteiger partial charge >= 0.3 is 5.97 Å². The van der Waals surface area contributed by atoms with E-state index in [2.05, 4.69) is 14.9 Å². The fourth-order valence-corrected chi connectivity index (χ4v) is 1.88. The van der Waals surface area contributed by atoms with E-state index in [0.717, 1.165) is 5.82 Å². The fraction of sp³-hybridized carbons (Fsp3) is 0.625. The number of hydrogen-bond acceptors (Lipinski definition) is 6. The van der Waals surface area contributed by atoms with E-state index in [1.165, 1.54) is 18.9 Å². The summed E-state index contributed by atoms with van der Waals surface area (Å²) in [5.74, 6) is 0.756. The second kappa shape index (κ2) is 5.72. The largest absolute Gasteiger partial charge is 0.468 e. The topological polar surface area (TPSA) is 83.0 Å². The molecule has 7 heteroatoms. The second-order valence-electron chi connectivity index (χ2n) is 2.83. The number of ether oxygens (including phenoxy) is 1. The van der Waals surface area contributed by atoms with Gasteiger partial charge in [-0.25, -0.2) is 0 Å². The van der Waals surface area contributed by atoms with Crippen LogP contribution in [0.3, 0.4) is 0 Å². The van der Waals surface area contributed by atoms with Crippen LogP contribution in [0.1, 0.15) is 5.82 Å². The summed E-state index contributed by atoms with van der Waals surface area (Å²) in [6.45, 7) is 3.03. The van der Waals surface area contributed by atoms with Gasteiger partial charge < -0.3 is 15.0 Å². The first-order valence-electron chi connectivity index (χ1n) is 4.48. The first-order chi connectivity index (χ1) is 7.19. The van der Waals surface area contributed by atoms with Crippen LogP contribution in [0, 0.1) is 6.92 Å². The van der Waals surface area contributed by atoms with Crippen molar-refractivity contribution in [2.24, 2.45) is 5.73 Å². The highest BCUT2D eigenvalue weighted by atomic mass is 32.2. The van der Waals surface area contributed by atoms with Crippen LogP contribution < -0.4 is 5.73 Å². The Bertz CT molecular complexity index is 339. The number of hydrogen-bond donors (Lipinski definition) is 1. The number of aryl methyl sites for hydroxylation is 1. The van der Waals surface area contributed by atoms with E-state index in [1.54, 1.807) is 0 Å². The van der Waals surface area contributed by atoms with Gasteiger partial charge in [-0.2, -0.15) is 0 Å². The zero-order valence-corrected chi connectivity index (χ0v) is 9.58. The molecule has 0 atom stereocenters. The molecule has 0 aliphatic heterocycles. The SMILES string of the molecule is COC(=O)CSc1nnc(C)n1CCN. The van der Waals surface area contributed by atoms with Crippen LogP contribution >= 0.6 is 11.8 Å². The van der Waals surface area contributed by atoms with E-state index < -0.39 is 0 Å². The van der Waals surface area contributed by atoms with E-state index in [0.29, 0.717) is 18.2 Å². The van der Waals surface area contributed by atoms with Crippen molar-refractivity contribution in [3.8, 4) is 0 Å². The Morgan fingerprint density at radius 1 is 1.60 bits per heavy atom. The lowest BCUT2D eigenvalue weighted by molar-refractivity contribution is -0.137. The number of rotatable bonds is 5. The van der Waals surface area contributed by atoms with E-state index >= 15 is 0 Å². The minimum absolute atomic E-state index is 0.235. The summed E-state index contributed by atoms with van der Waals surface area (Å²) in [7, 11) is 1.36. The van der Waals surface area contributed by atoms with E-state index in [1.807, 2.05) is 11.5 Å². The molecule has 0 fully saturated rings. The molecule has 0 aliphatic carbocycles. The van der Waals surface area contributed by atoms with Crippen molar-refractivity contribution < 1.29 is 9.53 Å². The molecular formula is C8H14N4O2S. The minimum atomic E-state index is -0.278. The number of methoxy groups -OCH3 is 1. The molecule has 84 valence electrons. The Balaban J connectivity index is 2.63. The third-order valence-corrected chi connectivity index (χ3v) is 2.74. The minimum Gasteiger partial charge on any atom is -0.468 e. The molecular weight excluding hydrogens is 216 g/mol. The molecule has 1 rings (SSSR count). The summed E-state index contributed by atoms with van der Waals surface area (Å²) < 4.78 is 6.42. The lowest BCUT2D eigenvalue weighted by atomic mass is 10.6. The van der Waals surface area contributed by atoms with Crippen LogP contribution in [0.4, 0.5) is 0 Å². The molecule has 0 radical (unpaired) electrons. The highest BCUT2D eigenvalue weighted by molar-refractivity contribution is 7.99. The number of carbonyl (C=O) groups is 1. The van der Waals surface area contributed by atoms with E-state index in [4.69, 9.17) is 5.73 Å². The van der Waals surface area contributed by atoms with Crippen molar-refractivity contribution in [2.75, 3.05) is 19.4 Å². The van der Waals surface area contributed by atoms with Crippen LogP contribution in [0.5, 0.6) is 0 Å². The lowest BCUT2D eigenvalue weighted by Crippen LogP contribution is -2.13. The third kappa shape index (κ3) is 3.21.